The van der Waals surface area contributed by atoms with Crippen molar-refractivity contribution in [3.05, 3.63) is 72.5 Å². The molecule has 9 nitrogen and oxygen atoms in total. The Morgan fingerprint density at radius 2 is 1.83 bits per heavy atom. The quantitative estimate of drug-likeness (QED) is 0.457. The normalized spacial score (nSPS) is 13.9. The van der Waals surface area contributed by atoms with E-state index in [2.05, 4.69) is 10.4 Å². The Balaban J connectivity index is 1.66. The number of hydrogen-bond donors (Lipinski definition) is 3. The Hall–Kier alpha value is -3.51. The fourth-order valence-electron chi connectivity index (χ4n) is 3.22. The number of alkyl halides is 3. The number of nitrogens with zero attached hydrogens (tertiary/aromatic N) is 2. The Labute approximate surface area is 204 Å². The van der Waals surface area contributed by atoms with Crippen LogP contribution in [0.2, 0.25) is 10.0 Å². The molecule has 1 amide bonds. The van der Waals surface area contributed by atoms with Crippen LogP contribution in [-0.4, -0.2) is 31.8 Å². The lowest BCUT2D eigenvalue weighted by atomic mass is 9.93. The molecule has 0 atom stereocenters. The van der Waals surface area contributed by atoms with E-state index in [0.29, 0.717) is 0 Å². The van der Waals surface area contributed by atoms with E-state index in [0.717, 1.165) is 31.4 Å². The van der Waals surface area contributed by atoms with Gasteiger partial charge in [0.1, 0.15) is 11.5 Å². The zero-order valence-corrected chi connectivity index (χ0v) is 19.0. The molecule has 3 aromatic rings. The third-order valence-electron chi connectivity index (χ3n) is 5.20. The van der Waals surface area contributed by atoms with Crippen molar-refractivity contribution < 1.29 is 27.8 Å². The van der Waals surface area contributed by atoms with Crippen LogP contribution in [0.25, 0.3) is 5.69 Å². The van der Waals surface area contributed by atoms with Crippen molar-refractivity contribution in [2.45, 2.75) is 31.5 Å². The Kier molecular flexibility index (Phi) is 6.52. The Morgan fingerprint density at radius 1 is 1.17 bits per heavy atom. The molecule has 1 aromatic heterocycles. The number of carbonyl (C=O) groups excluding carboxylic acids is 1. The summed E-state index contributed by atoms with van der Waals surface area (Å²) in [7, 11) is 0. The van der Waals surface area contributed by atoms with E-state index in [9.17, 15) is 32.7 Å². The first-order valence-corrected chi connectivity index (χ1v) is 10.8. The highest BCUT2D eigenvalue weighted by Crippen LogP contribution is 2.39. The lowest BCUT2D eigenvalue weighted by molar-refractivity contribution is -0.143. The van der Waals surface area contributed by atoms with E-state index in [1.54, 1.807) is 0 Å². The first-order chi connectivity index (χ1) is 16.4. The fourth-order valence-corrected chi connectivity index (χ4v) is 3.77. The molecule has 0 aliphatic heterocycles. The second kappa shape index (κ2) is 9.27. The number of H-pyrrole nitrogens is 1. The first-order valence-electron chi connectivity index (χ1n) is 10.1. The van der Waals surface area contributed by atoms with Crippen molar-refractivity contribution >= 4 is 29.1 Å². The van der Waals surface area contributed by atoms with Gasteiger partial charge in [-0.15, -0.1) is 0 Å². The minimum Gasteiger partial charge on any atom is -0.507 e. The van der Waals surface area contributed by atoms with Gasteiger partial charge in [-0.05, 0) is 49.6 Å². The molecule has 0 radical (unpaired) electrons. The maximum Gasteiger partial charge on any atom is 0.440 e. The smallest absolute Gasteiger partial charge is 0.440 e. The van der Waals surface area contributed by atoms with Crippen LogP contribution >= 0.6 is 23.2 Å². The highest BCUT2D eigenvalue weighted by atomic mass is 35.5. The SMILES string of the molecule is O=C(NC1CCC1)c1cc(Oc2c(Cl)cc(-n3nc(C(F)(F)F)c(=O)[nH]c3=O)cc2Cl)ccc1O. The summed E-state index contributed by atoms with van der Waals surface area (Å²) in [5, 5.41) is 15.5. The van der Waals surface area contributed by atoms with Gasteiger partial charge < -0.3 is 15.2 Å². The summed E-state index contributed by atoms with van der Waals surface area (Å²) in [4.78, 5) is 37.5. The molecule has 14 heteroatoms. The summed E-state index contributed by atoms with van der Waals surface area (Å²) < 4.78 is 45.0. The molecule has 3 N–H and O–H groups in total. The standard InChI is InChI=1S/C21H15Cl2F3N4O5/c22-13-6-10(30-20(34)28-19(33)17(29-30)21(24,25)26)7-14(23)16(13)35-11-4-5-15(31)12(8-11)18(32)27-9-2-1-3-9/h4-9,31H,1-3H2,(H,27,32)(H,28,33,34). The summed E-state index contributed by atoms with van der Waals surface area (Å²) in [6.45, 7) is 0. The van der Waals surface area contributed by atoms with E-state index in [4.69, 9.17) is 27.9 Å². The van der Waals surface area contributed by atoms with Gasteiger partial charge in [-0.3, -0.25) is 14.6 Å². The van der Waals surface area contributed by atoms with Gasteiger partial charge in [0.15, 0.2) is 5.75 Å². The lowest BCUT2D eigenvalue weighted by Crippen LogP contribution is -2.39. The molecule has 1 aliphatic rings. The maximum atomic E-state index is 13.0. The van der Waals surface area contributed by atoms with Crippen LogP contribution in [0.3, 0.4) is 0 Å². The highest BCUT2D eigenvalue weighted by molar-refractivity contribution is 6.37. The average molecular weight is 531 g/mol. The van der Waals surface area contributed by atoms with Crippen LogP contribution in [-0.2, 0) is 6.18 Å². The van der Waals surface area contributed by atoms with Gasteiger partial charge in [0.2, 0.25) is 5.69 Å². The molecule has 0 spiro atoms. The van der Waals surface area contributed by atoms with Crippen molar-refractivity contribution in [1.29, 1.82) is 0 Å². The number of ether oxygens (including phenoxy) is 1. The first kappa shape index (κ1) is 24.6. The number of aromatic hydroxyl groups is 1. The number of phenols is 1. The van der Waals surface area contributed by atoms with Crippen LogP contribution in [0.1, 0.15) is 35.3 Å². The zero-order valence-electron chi connectivity index (χ0n) is 17.4. The summed E-state index contributed by atoms with van der Waals surface area (Å²) in [6.07, 6.45) is -2.41. The topological polar surface area (TPSA) is 126 Å². The molecule has 1 saturated carbocycles. The number of aromatic nitrogens is 3. The summed E-state index contributed by atoms with van der Waals surface area (Å²) in [5.74, 6) is -0.821. The number of amides is 1. The van der Waals surface area contributed by atoms with Gasteiger partial charge in [-0.2, -0.15) is 23.0 Å². The van der Waals surface area contributed by atoms with E-state index < -0.39 is 29.0 Å². The lowest BCUT2D eigenvalue weighted by Gasteiger charge is -2.26. The van der Waals surface area contributed by atoms with Crippen molar-refractivity contribution in [3.8, 4) is 22.9 Å². The number of benzene rings is 2. The molecular weight excluding hydrogens is 516 g/mol. The van der Waals surface area contributed by atoms with Crippen LogP contribution in [0.5, 0.6) is 17.2 Å². The van der Waals surface area contributed by atoms with Gasteiger partial charge in [-0.25, -0.2) is 4.79 Å². The van der Waals surface area contributed by atoms with Crippen LogP contribution in [0, 0.1) is 0 Å². The summed E-state index contributed by atoms with van der Waals surface area (Å²) in [5.41, 5.74) is -5.08. The van der Waals surface area contributed by atoms with Gasteiger partial charge in [0, 0.05) is 6.04 Å². The highest BCUT2D eigenvalue weighted by Gasteiger charge is 2.37. The number of aromatic amines is 1. The van der Waals surface area contributed by atoms with E-state index in [1.165, 1.54) is 23.2 Å². The third kappa shape index (κ3) is 5.13. The second-order valence-electron chi connectivity index (χ2n) is 7.64. The molecule has 0 unspecified atom stereocenters. The van der Waals surface area contributed by atoms with Gasteiger partial charge in [0.25, 0.3) is 11.5 Å². The number of carbonyl (C=O) groups is 1. The molecule has 0 saturated heterocycles. The van der Waals surface area contributed by atoms with Crippen molar-refractivity contribution in [3.63, 3.8) is 0 Å². The van der Waals surface area contributed by atoms with Crippen molar-refractivity contribution in [2.75, 3.05) is 0 Å². The number of nitrogens with one attached hydrogen (secondary N) is 2. The number of halogens is 5. The minimum atomic E-state index is -5.11. The van der Waals surface area contributed by atoms with E-state index >= 15 is 0 Å². The van der Waals surface area contributed by atoms with Gasteiger partial charge in [-0.1, -0.05) is 23.2 Å². The summed E-state index contributed by atoms with van der Waals surface area (Å²) >= 11 is 12.4. The number of hydrogen-bond acceptors (Lipinski definition) is 6. The van der Waals surface area contributed by atoms with Crippen LogP contribution in [0.15, 0.2) is 39.9 Å². The molecule has 0 bridgehead atoms. The largest absolute Gasteiger partial charge is 0.507 e. The molecule has 4 rings (SSSR count). The Bertz CT molecular complexity index is 1410. The third-order valence-corrected chi connectivity index (χ3v) is 5.76. The minimum absolute atomic E-state index is 0.0331. The predicted octanol–water partition coefficient (Wildman–Crippen LogP) is 4.03. The predicted molar refractivity (Wildman–Crippen MR) is 119 cm³/mol. The van der Waals surface area contributed by atoms with E-state index in [1.807, 2.05) is 0 Å². The van der Waals surface area contributed by atoms with E-state index in [-0.39, 0.29) is 49.3 Å². The zero-order chi connectivity index (χ0) is 25.5. The fraction of sp³-hybridized carbons (Fsp3) is 0.238. The molecule has 2 aromatic carbocycles. The molecular formula is C21H15Cl2F3N4O5. The van der Waals surface area contributed by atoms with Crippen LogP contribution < -0.4 is 21.3 Å². The average Bonchev–Trinajstić information content (AvgIpc) is 2.73. The van der Waals surface area contributed by atoms with Crippen LogP contribution in [0.4, 0.5) is 13.2 Å². The van der Waals surface area contributed by atoms with Crippen molar-refractivity contribution in [2.24, 2.45) is 0 Å². The van der Waals surface area contributed by atoms with Gasteiger partial charge >= 0.3 is 11.9 Å². The van der Waals surface area contributed by atoms with Gasteiger partial charge in [0.05, 0.1) is 21.3 Å². The second-order valence-corrected chi connectivity index (χ2v) is 8.45. The number of rotatable bonds is 5. The maximum absolute atomic E-state index is 13.0. The number of phenolic OH excluding ortho intramolecular Hbond substituents is 1. The monoisotopic (exact) mass is 530 g/mol. The molecule has 1 heterocycles. The molecule has 1 fully saturated rings. The molecule has 184 valence electrons. The summed E-state index contributed by atoms with van der Waals surface area (Å²) in [6, 6.07) is 6.00. The Morgan fingerprint density at radius 3 is 2.40 bits per heavy atom. The van der Waals surface area contributed by atoms with Crippen molar-refractivity contribution in [1.82, 2.24) is 20.1 Å². The molecule has 35 heavy (non-hydrogen) atoms. The molecule has 1 aliphatic carbocycles.